The Balaban J connectivity index is 2.05. The fourth-order valence-electron chi connectivity index (χ4n) is 1.40. The van der Waals surface area contributed by atoms with E-state index in [-0.39, 0.29) is 5.69 Å². The standard InChI is InChI=1S/C13H10F2N2O/c14-9-6-7-11(15)12(8-9)17-13(18)16-10-4-2-1-3-5-10/h1-8H,(H2,16,17,18). The quantitative estimate of drug-likeness (QED) is 0.837. The van der Waals surface area contributed by atoms with Crippen molar-refractivity contribution in [3.05, 3.63) is 60.2 Å². The molecule has 0 aliphatic heterocycles. The number of rotatable bonds is 2. The summed E-state index contributed by atoms with van der Waals surface area (Å²) in [6, 6.07) is 10.9. The highest BCUT2D eigenvalue weighted by Crippen LogP contribution is 2.15. The Hall–Kier alpha value is -2.43. The van der Waals surface area contributed by atoms with Crippen LogP contribution < -0.4 is 10.6 Å². The molecule has 0 bridgehead atoms. The molecule has 5 heteroatoms. The number of nitrogens with one attached hydrogen (secondary N) is 2. The van der Waals surface area contributed by atoms with Crippen LogP contribution in [0.4, 0.5) is 25.0 Å². The monoisotopic (exact) mass is 248 g/mol. The highest BCUT2D eigenvalue weighted by atomic mass is 19.1. The van der Waals surface area contributed by atoms with E-state index in [0.29, 0.717) is 5.69 Å². The molecular formula is C13H10F2N2O. The molecule has 0 aromatic heterocycles. The molecular weight excluding hydrogens is 238 g/mol. The predicted molar refractivity (Wildman–Crippen MR) is 65.4 cm³/mol. The summed E-state index contributed by atoms with van der Waals surface area (Å²) < 4.78 is 26.1. The van der Waals surface area contributed by atoms with Gasteiger partial charge in [-0.2, -0.15) is 0 Å². The molecule has 0 spiro atoms. The van der Waals surface area contributed by atoms with Crippen LogP contribution >= 0.6 is 0 Å². The molecule has 3 nitrogen and oxygen atoms in total. The molecule has 0 saturated heterocycles. The minimum absolute atomic E-state index is 0.205. The van der Waals surface area contributed by atoms with E-state index in [4.69, 9.17) is 0 Å². The Morgan fingerprint density at radius 2 is 1.67 bits per heavy atom. The van der Waals surface area contributed by atoms with Gasteiger partial charge in [-0.1, -0.05) is 18.2 Å². The van der Waals surface area contributed by atoms with Crippen molar-refractivity contribution in [3.8, 4) is 0 Å². The van der Waals surface area contributed by atoms with Crippen LogP contribution in [0.15, 0.2) is 48.5 Å². The van der Waals surface area contributed by atoms with Crippen LogP contribution in [-0.2, 0) is 0 Å². The van der Waals surface area contributed by atoms with Crippen molar-refractivity contribution >= 4 is 17.4 Å². The maximum absolute atomic E-state index is 13.3. The number of hydrogen-bond donors (Lipinski definition) is 2. The first-order valence-corrected chi connectivity index (χ1v) is 5.23. The number of halogens is 2. The number of hydrogen-bond acceptors (Lipinski definition) is 1. The van der Waals surface area contributed by atoms with Gasteiger partial charge in [-0.3, -0.25) is 0 Å². The highest BCUT2D eigenvalue weighted by molar-refractivity contribution is 5.99. The van der Waals surface area contributed by atoms with Crippen molar-refractivity contribution in [2.24, 2.45) is 0 Å². The summed E-state index contributed by atoms with van der Waals surface area (Å²) in [6.45, 7) is 0. The van der Waals surface area contributed by atoms with Crippen LogP contribution in [0.3, 0.4) is 0 Å². The first-order valence-electron chi connectivity index (χ1n) is 5.23. The van der Waals surface area contributed by atoms with Gasteiger partial charge in [0.25, 0.3) is 0 Å². The first-order chi connectivity index (χ1) is 8.65. The molecule has 2 amide bonds. The fraction of sp³-hybridized carbons (Fsp3) is 0. The Kier molecular flexibility index (Phi) is 3.52. The maximum Gasteiger partial charge on any atom is 0.323 e. The molecule has 2 rings (SSSR count). The largest absolute Gasteiger partial charge is 0.323 e. The second-order valence-electron chi connectivity index (χ2n) is 3.57. The van der Waals surface area contributed by atoms with E-state index >= 15 is 0 Å². The zero-order valence-corrected chi connectivity index (χ0v) is 9.28. The highest BCUT2D eigenvalue weighted by Gasteiger charge is 2.07. The lowest BCUT2D eigenvalue weighted by Crippen LogP contribution is -2.20. The second kappa shape index (κ2) is 5.27. The predicted octanol–water partition coefficient (Wildman–Crippen LogP) is 3.61. The summed E-state index contributed by atoms with van der Waals surface area (Å²) >= 11 is 0. The molecule has 92 valence electrons. The average Bonchev–Trinajstić information content (AvgIpc) is 2.35. The van der Waals surface area contributed by atoms with E-state index in [1.807, 2.05) is 0 Å². The lowest BCUT2D eigenvalue weighted by molar-refractivity contribution is 0.262. The first kappa shape index (κ1) is 12.0. The molecule has 0 aliphatic carbocycles. The van der Waals surface area contributed by atoms with Crippen molar-refractivity contribution in [2.75, 3.05) is 10.6 Å². The zero-order valence-electron chi connectivity index (χ0n) is 9.28. The van der Waals surface area contributed by atoms with Gasteiger partial charge in [0.2, 0.25) is 0 Å². The number of benzene rings is 2. The third-order valence-corrected chi connectivity index (χ3v) is 2.21. The van der Waals surface area contributed by atoms with E-state index in [2.05, 4.69) is 10.6 Å². The fourth-order valence-corrected chi connectivity index (χ4v) is 1.40. The molecule has 18 heavy (non-hydrogen) atoms. The van der Waals surface area contributed by atoms with Crippen molar-refractivity contribution in [1.82, 2.24) is 0 Å². The molecule has 2 aromatic rings. The second-order valence-corrected chi connectivity index (χ2v) is 3.57. The van der Waals surface area contributed by atoms with Gasteiger partial charge in [-0.15, -0.1) is 0 Å². The summed E-state index contributed by atoms with van der Waals surface area (Å²) in [6.07, 6.45) is 0. The third-order valence-electron chi connectivity index (χ3n) is 2.21. The molecule has 0 radical (unpaired) electrons. The molecule has 0 unspecified atom stereocenters. The van der Waals surface area contributed by atoms with Gasteiger partial charge >= 0.3 is 6.03 Å². The minimum Gasteiger partial charge on any atom is -0.308 e. The number of urea groups is 1. The van der Waals surface area contributed by atoms with E-state index < -0.39 is 17.7 Å². The van der Waals surface area contributed by atoms with E-state index in [1.165, 1.54) is 0 Å². The van der Waals surface area contributed by atoms with Crippen LogP contribution in [0.1, 0.15) is 0 Å². The lowest BCUT2D eigenvalue weighted by Gasteiger charge is -2.08. The van der Waals surface area contributed by atoms with E-state index in [0.717, 1.165) is 18.2 Å². The maximum atomic E-state index is 13.3. The number of para-hydroxylation sites is 1. The topological polar surface area (TPSA) is 41.1 Å². The number of anilines is 2. The normalized spacial score (nSPS) is 9.89. The summed E-state index contributed by atoms with van der Waals surface area (Å²) in [5.41, 5.74) is 0.357. The summed E-state index contributed by atoms with van der Waals surface area (Å²) in [7, 11) is 0. The zero-order chi connectivity index (χ0) is 13.0. The SMILES string of the molecule is O=C(Nc1ccccc1)Nc1cc(F)ccc1F. The van der Waals surface area contributed by atoms with Crippen molar-refractivity contribution < 1.29 is 13.6 Å². The number of amides is 2. The van der Waals surface area contributed by atoms with Gasteiger partial charge in [-0.25, -0.2) is 13.6 Å². The Labute approximate surface area is 102 Å². The molecule has 2 N–H and O–H groups in total. The number of carbonyl (C=O) groups excluding carboxylic acids is 1. The molecule has 0 heterocycles. The third kappa shape index (κ3) is 3.04. The van der Waals surface area contributed by atoms with Crippen molar-refractivity contribution in [2.45, 2.75) is 0 Å². The average molecular weight is 248 g/mol. The van der Waals surface area contributed by atoms with Gasteiger partial charge in [0.05, 0.1) is 5.69 Å². The molecule has 0 saturated carbocycles. The lowest BCUT2D eigenvalue weighted by atomic mass is 10.3. The number of carbonyl (C=O) groups is 1. The van der Waals surface area contributed by atoms with Crippen LogP contribution in [-0.4, -0.2) is 6.03 Å². The smallest absolute Gasteiger partial charge is 0.308 e. The Morgan fingerprint density at radius 1 is 0.944 bits per heavy atom. The van der Waals surface area contributed by atoms with Crippen molar-refractivity contribution in [3.63, 3.8) is 0 Å². The Morgan fingerprint density at radius 3 is 2.39 bits per heavy atom. The molecule has 2 aromatic carbocycles. The van der Waals surface area contributed by atoms with Crippen LogP contribution in [0.5, 0.6) is 0 Å². The summed E-state index contributed by atoms with van der Waals surface area (Å²) in [5, 5.41) is 4.73. The van der Waals surface area contributed by atoms with E-state index in [9.17, 15) is 13.6 Å². The van der Waals surface area contributed by atoms with Gasteiger partial charge < -0.3 is 10.6 Å². The van der Waals surface area contributed by atoms with Gasteiger partial charge in [0, 0.05) is 11.8 Å². The molecule has 0 atom stereocenters. The Bertz CT molecular complexity index is 558. The molecule has 0 fully saturated rings. The van der Waals surface area contributed by atoms with E-state index in [1.54, 1.807) is 30.3 Å². The summed E-state index contributed by atoms with van der Waals surface area (Å²) in [4.78, 5) is 11.5. The van der Waals surface area contributed by atoms with Gasteiger partial charge in [0.15, 0.2) is 0 Å². The van der Waals surface area contributed by atoms with Gasteiger partial charge in [0.1, 0.15) is 11.6 Å². The minimum atomic E-state index is -0.695. The van der Waals surface area contributed by atoms with Crippen LogP contribution in [0.25, 0.3) is 0 Å². The summed E-state index contributed by atoms with van der Waals surface area (Å²) in [5.74, 6) is -1.31. The van der Waals surface area contributed by atoms with Crippen LogP contribution in [0, 0.1) is 11.6 Å². The van der Waals surface area contributed by atoms with Crippen molar-refractivity contribution in [1.29, 1.82) is 0 Å². The molecule has 0 aliphatic rings. The van der Waals surface area contributed by atoms with Crippen LogP contribution in [0.2, 0.25) is 0 Å². The van der Waals surface area contributed by atoms with Gasteiger partial charge in [-0.05, 0) is 24.3 Å².